The van der Waals surface area contributed by atoms with Gasteiger partial charge < -0.3 is 15.2 Å². The summed E-state index contributed by atoms with van der Waals surface area (Å²) in [4.78, 5) is 34.5. The van der Waals surface area contributed by atoms with Crippen molar-refractivity contribution in [2.24, 2.45) is 0 Å². The van der Waals surface area contributed by atoms with Gasteiger partial charge in [-0.1, -0.05) is 0 Å². The lowest BCUT2D eigenvalue weighted by molar-refractivity contribution is -0.128. The van der Waals surface area contributed by atoms with Crippen LogP contribution in [0.3, 0.4) is 0 Å². The fraction of sp³-hybridized carbons (Fsp3) is 0.500. The average Bonchev–Trinajstić information content (AvgIpc) is 2.73. The topological polar surface area (TPSA) is 78.1 Å². The number of rotatable bonds is 5. The molecule has 0 atom stereocenters. The smallest absolute Gasteiger partial charge is 0.259 e. The van der Waals surface area contributed by atoms with Crippen LogP contribution in [0.5, 0.6) is 0 Å². The quantitative estimate of drug-likeness (QED) is 0.869. The standard InChI is InChI=1S/C14H20N4O2S/c1-5-18(4)11(19)7-15-6-10-16-13(20)12-8(2)9(3)21-14(12)17-10/h15H,5-7H2,1-4H3,(H,16,17,20). The Kier molecular flexibility index (Phi) is 4.74. The average molecular weight is 308 g/mol. The van der Waals surface area contributed by atoms with Crippen molar-refractivity contribution in [1.29, 1.82) is 0 Å². The van der Waals surface area contributed by atoms with Gasteiger partial charge in [0.15, 0.2) is 0 Å². The summed E-state index contributed by atoms with van der Waals surface area (Å²) in [6.45, 7) is 7.11. The Hall–Kier alpha value is -1.73. The molecule has 0 fully saturated rings. The molecule has 1 amide bonds. The van der Waals surface area contributed by atoms with Gasteiger partial charge in [-0.2, -0.15) is 0 Å². The van der Waals surface area contributed by atoms with Crippen LogP contribution in [0.1, 0.15) is 23.2 Å². The van der Waals surface area contributed by atoms with Gasteiger partial charge in [0.25, 0.3) is 5.56 Å². The van der Waals surface area contributed by atoms with Crippen LogP contribution >= 0.6 is 11.3 Å². The number of nitrogens with zero attached hydrogens (tertiary/aromatic N) is 2. The third-order valence-corrected chi connectivity index (χ3v) is 4.66. The van der Waals surface area contributed by atoms with E-state index in [9.17, 15) is 9.59 Å². The first kappa shape index (κ1) is 15.7. The van der Waals surface area contributed by atoms with E-state index >= 15 is 0 Å². The number of thiophene rings is 1. The molecule has 0 aromatic carbocycles. The predicted molar refractivity (Wildman–Crippen MR) is 84.7 cm³/mol. The maximum atomic E-state index is 12.1. The molecule has 0 aliphatic carbocycles. The minimum absolute atomic E-state index is 0.0173. The fourth-order valence-electron chi connectivity index (χ4n) is 1.98. The first-order chi connectivity index (χ1) is 9.93. The number of fused-ring (bicyclic) bond motifs is 1. The van der Waals surface area contributed by atoms with Crippen LogP contribution in [0, 0.1) is 13.8 Å². The Morgan fingerprint density at radius 3 is 2.81 bits per heavy atom. The van der Waals surface area contributed by atoms with Crippen LogP contribution in [0.25, 0.3) is 10.2 Å². The van der Waals surface area contributed by atoms with E-state index in [0.29, 0.717) is 24.3 Å². The van der Waals surface area contributed by atoms with Crippen LogP contribution in [0.15, 0.2) is 4.79 Å². The summed E-state index contributed by atoms with van der Waals surface area (Å²) in [6.07, 6.45) is 0. The normalized spacial score (nSPS) is 11.0. The van der Waals surface area contributed by atoms with E-state index < -0.39 is 0 Å². The lowest BCUT2D eigenvalue weighted by atomic mass is 10.2. The van der Waals surface area contributed by atoms with Gasteiger partial charge in [-0.15, -0.1) is 11.3 Å². The maximum absolute atomic E-state index is 12.1. The molecule has 2 heterocycles. The highest BCUT2D eigenvalue weighted by molar-refractivity contribution is 7.18. The lowest BCUT2D eigenvalue weighted by Crippen LogP contribution is -2.35. The van der Waals surface area contributed by atoms with Crippen LogP contribution in [-0.4, -0.2) is 40.9 Å². The summed E-state index contributed by atoms with van der Waals surface area (Å²) in [5, 5.41) is 3.68. The SMILES string of the molecule is CCN(C)C(=O)CNCc1nc2sc(C)c(C)c2c(=O)[nH]1. The minimum Gasteiger partial charge on any atom is -0.345 e. The minimum atomic E-state index is -0.115. The number of aromatic amines is 1. The number of aromatic nitrogens is 2. The van der Waals surface area contributed by atoms with Crippen LogP contribution in [0.2, 0.25) is 0 Å². The van der Waals surface area contributed by atoms with Crippen molar-refractivity contribution in [2.75, 3.05) is 20.1 Å². The van der Waals surface area contributed by atoms with Crippen molar-refractivity contribution in [2.45, 2.75) is 27.3 Å². The van der Waals surface area contributed by atoms with E-state index in [-0.39, 0.29) is 18.0 Å². The number of likely N-dealkylation sites (N-methyl/N-ethyl adjacent to an activating group) is 1. The van der Waals surface area contributed by atoms with Crippen LogP contribution < -0.4 is 10.9 Å². The molecule has 2 aromatic heterocycles. The van der Waals surface area contributed by atoms with Crippen LogP contribution in [0.4, 0.5) is 0 Å². The van der Waals surface area contributed by atoms with E-state index in [0.717, 1.165) is 15.3 Å². The predicted octanol–water partition coefficient (Wildman–Crippen LogP) is 1.17. The number of carbonyl (C=O) groups excluding carboxylic acids is 1. The Bertz CT molecular complexity index is 720. The number of amides is 1. The molecule has 0 saturated carbocycles. The number of H-pyrrole nitrogens is 1. The molecule has 114 valence electrons. The molecular weight excluding hydrogens is 288 g/mol. The molecule has 6 nitrogen and oxygen atoms in total. The second-order valence-corrected chi connectivity index (χ2v) is 6.19. The van der Waals surface area contributed by atoms with Crippen molar-refractivity contribution in [3.05, 3.63) is 26.6 Å². The van der Waals surface area contributed by atoms with Gasteiger partial charge in [0.1, 0.15) is 10.7 Å². The van der Waals surface area contributed by atoms with E-state index in [1.54, 1.807) is 11.9 Å². The summed E-state index contributed by atoms with van der Waals surface area (Å²) < 4.78 is 0. The summed E-state index contributed by atoms with van der Waals surface area (Å²) in [7, 11) is 1.76. The van der Waals surface area contributed by atoms with Gasteiger partial charge in [-0.25, -0.2) is 4.98 Å². The molecule has 0 saturated heterocycles. The van der Waals surface area contributed by atoms with Gasteiger partial charge in [-0.3, -0.25) is 9.59 Å². The third kappa shape index (κ3) is 3.30. The Morgan fingerprint density at radius 1 is 1.43 bits per heavy atom. The third-order valence-electron chi connectivity index (χ3n) is 3.56. The number of hydrogen-bond acceptors (Lipinski definition) is 5. The molecule has 0 aliphatic heterocycles. The van der Waals surface area contributed by atoms with Crippen molar-refractivity contribution < 1.29 is 4.79 Å². The molecular formula is C14H20N4O2S. The Morgan fingerprint density at radius 2 is 2.14 bits per heavy atom. The molecule has 2 N–H and O–H groups in total. The highest BCUT2D eigenvalue weighted by atomic mass is 32.1. The van der Waals surface area contributed by atoms with Crippen molar-refractivity contribution in [1.82, 2.24) is 20.2 Å². The summed E-state index contributed by atoms with van der Waals surface area (Å²) in [5.41, 5.74) is 0.874. The maximum Gasteiger partial charge on any atom is 0.259 e. The summed E-state index contributed by atoms with van der Waals surface area (Å²) in [5.74, 6) is 0.574. The van der Waals surface area contributed by atoms with Gasteiger partial charge in [0.05, 0.1) is 18.5 Å². The fourth-order valence-corrected chi connectivity index (χ4v) is 3.03. The summed E-state index contributed by atoms with van der Waals surface area (Å²) >= 11 is 1.52. The highest BCUT2D eigenvalue weighted by Gasteiger charge is 2.12. The molecule has 0 unspecified atom stereocenters. The van der Waals surface area contributed by atoms with Crippen molar-refractivity contribution in [3.8, 4) is 0 Å². The number of nitrogens with one attached hydrogen (secondary N) is 2. The zero-order chi connectivity index (χ0) is 15.6. The number of carbonyl (C=O) groups is 1. The van der Waals surface area contributed by atoms with Gasteiger partial charge in [0, 0.05) is 18.5 Å². The second kappa shape index (κ2) is 6.36. The first-order valence-electron chi connectivity index (χ1n) is 6.87. The number of hydrogen-bond donors (Lipinski definition) is 2. The molecule has 0 radical (unpaired) electrons. The van der Waals surface area contributed by atoms with E-state index in [4.69, 9.17) is 0 Å². The molecule has 0 aliphatic rings. The Labute approximate surface area is 127 Å². The zero-order valence-electron chi connectivity index (χ0n) is 12.7. The number of aryl methyl sites for hydroxylation is 2. The molecule has 0 spiro atoms. The molecule has 7 heteroatoms. The largest absolute Gasteiger partial charge is 0.345 e. The van der Waals surface area contributed by atoms with Gasteiger partial charge >= 0.3 is 0 Å². The second-order valence-electron chi connectivity index (χ2n) is 4.99. The lowest BCUT2D eigenvalue weighted by Gasteiger charge is -2.14. The van der Waals surface area contributed by atoms with E-state index in [2.05, 4.69) is 15.3 Å². The Balaban J connectivity index is 2.10. The summed E-state index contributed by atoms with van der Waals surface area (Å²) in [6, 6.07) is 0. The van der Waals surface area contributed by atoms with Crippen LogP contribution in [-0.2, 0) is 11.3 Å². The van der Waals surface area contributed by atoms with Crippen molar-refractivity contribution in [3.63, 3.8) is 0 Å². The zero-order valence-corrected chi connectivity index (χ0v) is 13.6. The molecule has 2 rings (SSSR count). The monoisotopic (exact) mass is 308 g/mol. The van der Waals surface area contributed by atoms with Gasteiger partial charge in [0.2, 0.25) is 5.91 Å². The van der Waals surface area contributed by atoms with Gasteiger partial charge in [-0.05, 0) is 26.3 Å². The van der Waals surface area contributed by atoms with E-state index in [1.807, 2.05) is 20.8 Å². The first-order valence-corrected chi connectivity index (χ1v) is 7.69. The molecule has 2 aromatic rings. The van der Waals surface area contributed by atoms with E-state index in [1.165, 1.54) is 11.3 Å². The van der Waals surface area contributed by atoms with Crippen molar-refractivity contribution >= 4 is 27.5 Å². The highest BCUT2D eigenvalue weighted by Crippen LogP contribution is 2.25. The molecule has 0 bridgehead atoms. The molecule has 21 heavy (non-hydrogen) atoms.